The van der Waals surface area contributed by atoms with Crippen molar-refractivity contribution >= 4 is 65.1 Å². The van der Waals surface area contributed by atoms with Crippen LogP contribution in [0.15, 0.2) is 24.3 Å². The maximum Gasteiger partial charge on any atom is 0.326 e. The first kappa shape index (κ1) is 57.2. The lowest BCUT2D eigenvalue weighted by Gasteiger charge is -2.34. The number of carboxylic acid groups (broad SMARTS) is 3. The fourth-order valence-electron chi connectivity index (χ4n) is 6.45. The van der Waals surface area contributed by atoms with Crippen molar-refractivity contribution in [2.45, 2.75) is 121 Å². The number of hydrogen-bond donors (Lipinski definition) is 12. The number of carbonyl (C=O) groups excluding carboxylic acids is 5. The number of aromatic nitrogens is 4. The summed E-state index contributed by atoms with van der Waals surface area (Å²) in [5.41, 5.74) is 9.15. The molecule has 0 bridgehead atoms. The number of aromatic amines is 1. The molecule has 1 heterocycles. The second kappa shape index (κ2) is 30.4. The highest BCUT2D eigenvalue weighted by Gasteiger charge is 2.33. The Morgan fingerprint density at radius 1 is 0.701 bits per heavy atom. The van der Waals surface area contributed by atoms with Crippen LogP contribution in [0.4, 0.5) is 5.69 Å². The van der Waals surface area contributed by atoms with Gasteiger partial charge in [0.1, 0.15) is 24.7 Å². The molecule has 2 aromatic rings. The van der Waals surface area contributed by atoms with Gasteiger partial charge in [-0.1, -0.05) is 25.8 Å². The molecule has 0 saturated heterocycles. The average Bonchev–Trinajstić information content (AvgIpc) is 3.82. The second-order valence-electron chi connectivity index (χ2n) is 16.7. The molecule has 0 spiro atoms. The number of benzene rings is 1. The molecule has 1 aromatic carbocycles. The van der Waals surface area contributed by atoms with E-state index in [-0.39, 0.29) is 75.3 Å². The van der Waals surface area contributed by atoms with Crippen molar-refractivity contribution in [3.63, 3.8) is 0 Å². The highest BCUT2D eigenvalue weighted by Crippen LogP contribution is 2.29. The van der Waals surface area contributed by atoms with E-state index in [9.17, 15) is 53.7 Å². The van der Waals surface area contributed by atoms with E-state index in [2.05, 4.69) is 57.5 Å². The van der Waals surface area contributed by atoms with Crippen LogP contribution in [0.1, 0.15) is 108 Å². The largest absolute Gasteiger partial charge is 0.480 e. The number of rotatable bonds is 36. The third kappa shape index (κ3) is 24.9. The van der Waals surface area contributed by atoms with Gasteiger partial charge in [0.15, 0.2) is 5.82 Å². The van der Waals surface area contributed by atoms with Crippen LogP contribution in [0.3, 0.4) is 0 Å². The number of tetrazole rings is 1. The number of nitrogens with zero attached hydrogens (tertiary/aromatic N) is 3. The predicted molar refractivity (Wildman–Crippen MR) is 243 cm³/mol. The summed E-state index contributed by atoms with van der Waals surface area (Å²) in [7, 11) is 0. The molecule has 0 aliphatic heterocycles. The first-order chi connectivity index (χ1) is 31.7. The highest BCUT2D eigenvalue weighted by molar-refractivity contribution is 7.97. The smallest absolute Gasteiger partial charge is 0.326 e. The van der Waals surface area contributed by atoms with Crippen molar-refractivity contribution in [3.8, 4) is 0 Å². The number of ether oxygens (including phenoxy) is 2. The number of carboxylic acids is 3. The van der Waals surface area contributed by atoms with Gasteiger partial charge in [-0.05, 0) is 93.5 Å². The van der Waals surface area contributed by atoms with Crippen LogP contribution in [0.2, 0.25) is 0 Å². The van der Waals surface area contributed by atoms with Crippen LogP contribution in [0.5, 0.6) is 0 Å². The number of anilines is 1. The minimum Gasteiger partial charge on any atom is -0.480 e. The minimum atomic E-state index is -1.43. The molecule has 67 heavy (non-hydrogen) atoms. The quantitative estimate of drug-likeness (QED) is 0.0182. The number of nitrogens with one attached hydrogen (secondary N) is 8. The molecule has 0 aliphatic carbocycles. The number of hydrogen-bond acceptors (Lipinski definition) is 17. The molecule has 3 unspecified atom stereocenters. The third-order valence-electron chi connectivity index (χ3n) is 9.75. The van der Waals surface area contributed by atoms with Crippen LogP contribution in [0, 0.1) is 0 Å². The van der Waals surface area contributed by atoms with Crippen LogP contribution in [-0.2, 0) is 48.5 Å². The van der Waals surface area contributed by atoms with E-state index in [0.717, 1.165) is 0 Å². The first-order valence-electron chi connectivity index (χ1n) is 21.7. The predicted octanol–water partition coefficient (Wildman–Crippen LogP) is -0.231. The molecule has 0 fully saturated rings. The fraction of sp³-hybridized carbons (Fsp3) is 0.634. The van der Waals surface area contributed by atoms with Gasteiger partial charge in [0.05, 0.1) is 19.8 Å². The Bertz CT molecular complexity index is 1890. The zero-order valence-corrected chi connectivity index (χ0v) is 39.1. The van der Waals surface area contributed by atoms with E-state index in [0.29, 0.717) is 55.1 Å². The Morgan fingerprint density at radius 2 is 1.28 bits per heavy atom. The highest BCUT2D eigenvalue weighted by atomic mass is 32.2. The third-order valence-corrected chi connectivity index (χ3v) is 10.5. The summed E-state index contributed by atoms with van der Waals surface area (Å²) in [6, 6.07) is 2.45. The molecule has 13 N–H and O–H groups in total. The standard InChI is InChI=1S/C41H66N12O13S/c1-40(2,39-48-51-52-49-39)25-41(3,4)50-53-67-23-7-9-32(55)45-30(38(63)64)15-17-33(56)46-29(37(61)62)14-16-31(54)43-19-20-65-21-22-66-24-34(57)47-28(36(59)60)8-5-6-18-44-35(58)26-10-12-27(42)13-11-26/h10-13,28-30,50,53H,5-9,14-25,42H2,1-4H3,(H,43,54)(H,44,58)(H,45,55)(H,46,56)(H,47,57)(H,59,60)(H,61,62)(H,63,64)(H,48,49,51,52). The van der Waals surface area contributed by atoms with Crippen molar-refractivity contribution in [2.75, 3.05) is 51.0 Å². The van der Waals surface area contributed by atoms with Gasteiger partial charge in [-0.2, -0.15) is 0 Å². The van der Waals surface area contributed by atoms with E-state index in [4.69, 9.17) is 15.2 Å². The summed E-state index contributed by atoms with van der Waals surface area (Å²) in [4.78, 5) is 100.0. The summed E-state index contributed by atoms with van der Waals surface area (Å²) in [5.74, 6) is -5.51. The van der Waals surface area contributed by atoms with E-state index >= 15 is 0 Å². The molecule has 3 atom stereocenters. The molecule has 374 valence electrons. The lowest BCUT2D eigenvalue weighted by atomic mass is 9.80. The number of amides is 5. The molecular weight excluding hydrogens is 901 g/mol. The summed E-state index contributed by atoms with van der Waals surface area (Å²) >= 11 is 1.34. The first-order valence-corrected chi connectivity index (χ1v) is 22.7. The van der Waals surface area contributed by atoms with Gasteiger partial charge < -0.3 is 57.1 Å². The van der Waals surface area contributed by atoms with Crippen molar-refractivity contribution in [3.05, 3.63) is 35.7 Å². The molecule has 26 heteroatoms. The monoisotopic (exact) mass is 966 g/mol. The Morgan fingerprint density at radius 3 is 1.90 bits per heavy atom. The van der Waals surface area contributed by atoms with Crippen LogP contribution >= 0.6 is 11.9 Å². The maximum absolute atomic E-state index is 12.6. The second-order valence-corrected chi connectivity index (χ2v) is 17.6. The van der Waals surface area contributed by atoms with Gasteiger partial charge in [-0.15, -0.1) is 5.10 Å². The van der Waals surface area contributed by atoms with E-state index in [1.54, 1.807) is 24.3 Å². The van der Waals surface area contributed by atoms with E-state index in [1.807, 2.05) is 27.7 Å². The van der Waals surface area contributed by atoms with Crippen molar-refractivity contribution in [1.82, 2.24) is 57.5 Å². The molecule has 25 nitrogen and oxygen atoms in total. The average molecular weight is 967 g/mol. The summed E-state index contributed by atoms with van der Waals surface area (Å²) in [6.07, 6.45) is 0.979. The molecule has 0 saturated carbocycles. The van der Waals surface area contributed by atoms with Gasteiger partial charge in [-0.25, -0.2) is 29.7 Å². The topological polar surface area (TPSA) is 380 Å². The number of unbranched alkanes of at least 4 members (excludes halogenated alkanes) is 1. The number of nitrogens with two attached hydrogens (primary N) is 1. The normalized spacial score (nSPS) is 12.8. The van der Waals surface area contributed by atoms with Crippen LogP contribution < -0.4 is 42.6 Å². The number of aliphatic carboxylic acids is 3. The summed E-state index contributed by atoms with van der Waals surface area (Å²) in [5, 5.41) is 55.1. The molecule has 5 amide bonds. The van der Waals surface area contributed by atoms with E-state index in [1.165, 1.54) is 11.9 Å². The SMILES string of the molecule is CC(C)(CC(C)(C)c1nnn[nH]1)NNSCCCC(=O)NC(CCC(=O)NC(CCC(=O)NCCOCCOCC(=O)NC(CCCCNC(=O)c1ccc(N)cc1)C(=O)O)C(=O)O)C(=O)O. The number of nitrogen functional groups attached to an aromatic ring is 1. The zero-order chi connectivity index (χ0) is 49.8. The molecule has 2 rings (SSSR count). The number of hydrazine groups is 1. The Labute approximate surface area is 392 Å². The fourth-order valence-corrected chi connectivity index (χ4v) is 7.19. The zero-order valence-electron chi connectivity index (χ0n) is 38.3. The van der Waals surface area contributed by atoms with Gasteiger partial charge in [-0.3, -0.25) is 24.0 Å². The number of carbonyl (C=O) groups is 8. The van der Waals surface area contributed by atoms with Gasteiger partial charge in [0.25, 0.3) is 5.91 Å². The number of H-pyrrole nitrogens is 1. The summed E-state index contributed by atoms with van der Waals surface area (Å²) in [6.45, 7) is 8.11. The van der Waals surface area contributed by atoms with Crippen molar-refractivity contribution in [2.24, 2.45) is 0 Å². The van der Waals surface area contributed by atoms with Crippen LogP contribution in [0.25, 0.3) is 0 Å². The van der Waals surface area contributed by atoms with Crippen molar-refractivity contribution in [1.29, 1.82) is 0 Å². The van der Waals surface area contributed by atoms with Gasteiger partial charge >= 0.3 is 17.9 Å². The molecule has 0 aliphatic rings. The molecular formula is C41H66N12O13S. The lowest BCUT2D eigenvalue weighted by Crippen LogP contribution is -2.49. The maximum atomic E-state index is 12.6. The van der Waals surface area contributed by atoms with E-state index < -0.39 is 72.7 Å². The van der Waals surface area contributed by atoms with Gasteiger partial charge in [0.2, 0.25) is 23.6 Å². The van der Waals surface area contributed by atoms with Crippen LogP contribution in [-0.4, -0.2) is 152 Å². The van der Waals surface area contributed by atoms with Gasteiger partial charge in [0, 0.05) is 60.3 Å². The Kier molecular flexibility index (Phi) is 25.9. The Balaban J connectivity index is 1.54. The lowest BCUT2D eigenvalue weighted by molar-refractivity contribution is -0.143. The minimum absolute atomic E-state index is 0.00753. The summed E-state index contributed by atoms with van der Waals surface area (Å²) < 4.78 is 10.6. The molecule has 0 radical (unpaired) electrons. The van der Waals surface area contributed by atoms with Crippen molar-refractivity contribution < 1.29 is 63.1 Å². The molecule has 1 aromatic heterocycles. The Hall–Kier alpha value is -5.96.